The minimum absolute atomic E-state index is 0.0281. The van der Waals surface area contributed by atoms with Gasteiger partial charge in [-0.25, -0.2) is 4.98 Å². The smallest absolute Gasteiger partial charge is 0.223 e. The summed E-state index contributed by atoms with van der Waals surface area (Å²) in [5, 5.41) is 0. The maximum atomic E-state index is 11.5. The van der Waals surface area contributed by atoms with Gasteiger partial charge in [0.05, 0.1) is 30.1 Å². The van der Waals surface area contributed by atoms with E-state index in [0.717, 1.165) is 51.0 Å². The van der Waals surface area contributed by atoms with E-state index >= 15 is 0 Å². The van der Waals surface area contributed by atoms with Crippen molar-refractivity contribution in [3.8, 4) is 0 Å². The van der Waals surface area contributed by atoms with Crippen molar-refractivity contribution in [3.63, 3.8) is 0 Å². The summed E-state index contributed by atoms with van der Waals surface area (Å²) in [6, 6.07) is 0. The van der Waals surface area contributed by atoms with E-state index in [0.29, 0.717) is 12.5 Å². The Morgan fingerprint density at radius 2 is 2.12 bits per heavy atom. The van der Waals surface area contributed by atoms with Crippen LogP contribution < -0.4 is 5.73 Å². The molecule has 0 bridgehead atoms. The third kappa shape index (κ3) is 3.52. The first kappa shape index (κ1) is 16.5. The Kier molecular flexibility index (Phi) is 4.67. The van der Waals surface area contributed by atoms with Crippen molar-refractivity contribution in [3.05, 3.63) is 30.5 Å². The van der Waals surface area contributed by atoms with Gasteiger partial charge >= 0.3 is 0 Å². The summed E-state index contributed by atoms with van der Waals surface area (Å²) in [5.74, 6) is 0.319. The van der Waals surface area contributed by atoms with Crippen LogP contribution in [0.15, 0.2) is 24.8 Å². The van der Waals surface area contributed by atoms with Crippen molar-refractivity contribution < 1.29 is 9.53 Å². The standard InChI is InChI=1S/C18H25N5O2/c19-18(24)15-3-8-25-16(15)9-13-1-5-22(6-2-13)12-14-10-21-17-11-20-4-7-23(14)17/h4,7,10-11,13,15-16H,1-3,5-6,8-9,12H2,(H2,19,24)/t15-,16-/m1/s1. The number of rotatable bonds is 5. The van der Waals surface area contributed by atoms with Gasteiger partial charge in [-0.2, -0.15) is 0 Å². The van der Waals surface area contributed by atoms with E-state index in [1.165, 1.54) is 5.69 Å². The van der Waals surface area contributed by atoms with Crippen molar-refractivity contribution in [2.24, 2.45) is 17.6 Å². The first-order valence-electron chi connectivity index (χ1n) is 9.10. The lowest BCUT2D eigenvalue weighted by Crippen LogP contribution is -2.37. The second kappa shape index (κ2) is 7.09. The quantitative estimate of drug-likeness (QED) is 0.882. The summed E-state index contributed by atoms with van der Waals surface area (Å²) < 4.78 is 7.86. The second-order valence-electron chi connectivity index (χ2n) is 7.22. The summed E-state index contributed by atoms with van der Waals surface area (Å²) in [7, 11) is 0. The van der Waals surface area contributed by atoms with Crippen molar-refractivity contribution >= 4 is 11.6 Å². The molecule has 134 valence electrons. The molecule has 2 aromatic heterocycles. The molecule has 0 radical (unpaired) electrons. The van der Waals surface area contributed by atoms with Crippen LogP contribution in [0.4, 0.5) is 0 Å². The van der Waals surface area contributed by atoms with Crippen molar-refractivity contribution in [1.82, 2.24) is 19.3 Å². The molecule has 25 heavy (non-hydrogen) atoms. The SMILES string of the molecule is NC(=O)[C@@H]1CCO[C@@H]1CC1CCN(Cc2cnc3cnccn23)CC1. The normalized spacial score (nSPS) is 25.6. The number of amides is 1. The summed E-state index contributed by atoms with van der Waals surface area (Å²) in [6.07, 6.45) is 11.5. The summed E-state index contributed by atoms with van der Waals surface area (Å²) in [5.41, 5.74) is 7.59. The molecule has 7 heteroatoms. The number of carbonyl (C=O) groups excluding carboxylic acids is 1. The van der Waals surface area contributed by atoms with Gasteiger partial charge in [0.1, 0.15) is 0 Å². The van der Waals surface area contributed by atoms with E-state index in [4.69, 9.17) is 10.5 Å². The van der Waals surface area contributed by atoms with Gasteiger partial charge in [-0.15, -0.1) is 0 Å². The fourth-order valence-electron chi connectivity index (χ4n) is 4.16. The van der Waals surface area contributed by atoms with Crippen molar-refractivity contribution in [2.45, 2.75) is 38.3 Å². The second-order valence-corrected chi connectivity index (χ2v) is 7.22. The van der Waals surface area contributed by atoms with Crippen molar-refractivity contribution in [1.29, 1.82) is 0 Å². The third-order valence-corrected chi connectivity index (χ3v) is 5.63. The van der Waals surface area contributed by atoms with E-state index in [9.17, 15) is 4.79 Å². The number of carbonyl (C=O) groups is 1. The molecule has 4 rings (SSSR count). The van der Waals surface area contributed by atoms with Crippen LogP contribution in [-0.2, 0) is 16.1 Å². The van der Waals surface area contributed by atoms with E-state index in [1.807, 2.05) is 12.4 Å². The molecule has 0 saturated carbocycles. The molecular formula is C18H25N5O2. The average Bonchev–Trinajstić information content (AvgIpc) is 3.24. The number of hydrogen-bond donors (Lipinski definition) is 1. The van der Waals surface area contributed by atoms with Gasteiger partial charge < -0.3 is 10.5 Å². The molecule has 2 aromatic rings. The highest BCUT2D eigenvalue weighted by molar-refractivity contribution is 5.77. The van der Waals surface area contributed by atoms with Crippen LogP contribution in [-0.4, -0.2) is 51.0 Å². The van der Waals surface area contributed by atoms with Gasteiger partial charge in [0.15, 0.2) is 5.65 Å². The molecular weight excluding hydrogens is 318 g/mol. The van der Waals surface area contributed by atoms with Gasteiger partial charge in [0.25, 0.3) is 0 Å². The van der Waals surface area contributed by atoms with Gasteiger partial charge in [-0.05, 0) is 44.7 Å². The monoisotopic (exact) mass is 343 g/mol. The number of hydrogen-bond acceptors (Lipinski definition) is 5. The Balaban J connectivity index is 1.30. The van der Waals surface area contributed by atoms with Crippen LogP contribution in [0.5, 0.6) is 0 Å². The van der Waals surface area contributed by atoms with Crippen LogP contribution in [0.3, 0.4) is 0 Å². The predicted molar refractivity (Wildman–Crippen MR) is 92.6 cm³/mol. The average molecular weight is 343 g/mol. The molecule has 1 amide bonds. The summed E-state index contributed by atoms with van der Waals surface area (Å²) in [6.45, 7) is 3.70. The number of piperidine rings is 1. The Labute approximate surface area is 147 Å². The summed E-state index contributed by atoms with van der Waals surface area (Å²) in [4.78, 5) is 22.5. The molecule has 0 spiro atoms. The zero-order chi connectivity index (χ0) is 17.2. The lowest BCUT2D eigenvalue weighted by atomic mass is 9.86. The van der Waals surface area contributed by atoms with Crippen LogP contribution in [0.25, 0.3) is 5.65 Å². The largest absolute Gasteiger partial charge is 0.377 e. The number of nitrogens with two attached hydrogens (primary N) is 1. The third-order valence-electron chi connectivity index (χ3n) is 5.63. The highest BCUT2D eigenvalue weighted by Crippen LogP contribution is 2.31. The highest BCUT2D eigenvalue weighted by atomic mass is 16.5. The zero-order valence-corrected chi connectivity index (χ0v) is 14.4. The maximum Gasteiger partial charge on any atom is 0.223 e. The molecule has 2 aliphatic rings. The lowest BCUT2D eigenvalue weighted by molar-refractivity contribution is -0.123. The van der Waals surface area contributed by atoms with E-state index in [1.54, 1.807) is 12.4 Å². The first-order valence-corrected chi connectivity index (χ1v) is 9.10. The Hall–Kier alpha value is -1.99. The van der Waals surface area contributed by atoms with Gasteiger partial charge in [-0.1, -0.05) is 0 Å². The maximum absolute atomic E-state index is 11.5. The van der Waals surface area contributed by atoms with E-state index in [-0.39, 0.29) is 17.9 Å². The molecule has 0 unspecified atom stereocenters. The topological polar surface area (TPSA) is 85.8 Å². The molecule has 0 aliphatic carbocycles. The number of ether oxygens (including phenoxy) is 1. The molecule has 2 N–H and O–H groups in total. The fourth-order valence-corrected chi connectivity index (χ4v) is 4.16. The van der Waals surface area contributed by atoms with Crippen LogP contribution in [0.2, 0.25) is 0 Å². The number of primary amides is 1. The minimum atomic E-state index is -0.206. The number of nitrogens with zero attached hydrogens (tertiary/aromatic N) is 4. The van der Waals surface area contributed by atoms with Gasteiger partial charge in [0, 0.05) is 25.5 Å². The molecule has 2 saturated heterocycles. The molecule has 0 aromatic carbocycles. The number of fused-ring (bicyclic) bond motifs is 1. The highest BCUT2D eigenvalue weighted by Gasteiger charge is 2.35. The van der Waals surface area contributed by atoms with Gasteiger partial charge in [-0.3, -0.25) is 19.1 Å². The number of imidazole rings is 1. The van der Waals surface area contributed by atoms with Crippen molar-refractivity contribution in [2.75, 3.05) is 19.7 Å². The molecule has 7 nitrogen and oxygen atoms in total. The van der Waals surface area contributed by atoms with Crippen LogP contribution in [0.1, 0.15) is 31.4 Å². The minimum Gasteiger partial charge on any atom is -0.377 e. The fraction of sp³-hybridized carbons (Fsp3) is 0.611. The Morgan fingerprint density at radius 3 is 2.92 bits per heavy atom. The summed E-state index contributed by atoms with van der Waals surface area (Å²) >= 11 is 0. The predicted octanol–water partition coefficient (Wildman–Crippen LogP) is 1.22. The zero-order valence-electron chi connectivity index (χ0n) is 14.4. The lowest BCUT2D eigenvalue weighted by Gasteiger charge is -2.33. The molecule has 4 heterocycles. The van der Waals surface area contributed by atoms with Crippen LogP contribution >= 0.6 is 0 Å². The molecule has 2 atom stereocenters. The first-order chi connectivity index (χ1) is 12.2. The van der Waals surface area contributed by atoms with Crippen LogP contribution in [0, 0.1) is 11.8 Å². The van der Waals surface area contributed by atoms with Gasteiger partial charge in [0.2, 0.25) is 5.91 Å². The number of aromatic nitrogens is 3. The number of likely N-dealkylation sites (tertiary alicyclic amines) is 1. The molecule has 2 aliphatic heterocycles. The Bertz CT molecular complexity index is 738. The molecule has 2 fully saturated rings. The van der Waals surface area contributed by atoms with E-state index in [2.05, 4.69) is 19.3 Å². The Morgan fingerprint density at radius 1 is 1.28 bits per heavy atom. The van der Waals surface area contributed by atoms with E-state index < -0.39 is 0 Å².